The van der Waals surface area contributed by atoms with Crippen molar-refractivity contribution in [1.29, 1.82) is 0 Å². The first-order chi connectivity index (χ1) is 11.1. The number of aliphatic hydroxyl groups excluding tert-OH is 1. The minimum atomic E-state index is -0.173. The lowest BCUT2D eigenvalue weighted by atomic mass is 9.99. The third-order valence-electron chi connectivity index (χ3n) is 4.78. The molecule has 0 radical (unpaired) electrons. The van der Waals surface area contributed by atoms with E-state index < -0.39 is 0 Å². The summed E-state index contributed by atoms with van der Waals surface area (Å²) in [5.41, 5.74) is 2.08. The van der Waals surface area contributed by atoms with Crippen LogP contribution in [0.25, 0.3) is 11.4 Å². The van der Waals surface area contributed by atoms with Crippen molar-refractivity contribution in [3.63, 3.8) is 0 Å². The van der Waals surface area contributed by atoms with Crippen molar-refractivity contribution in [2.45, 2.75) is 57.5 Å². The van der Waals surface area contributed by atoms with Crippen molar-refractivity contribution in [2.75, 3.05) is 6.61 Å². The Balaban J connectivity index is 1.65. The topological polar surface area (TPSA) is 71.2 Å². The van der Waals surface area contributed by atoms with Crippen LogP contribution < -0.4 is 5.32 Å². The van der Waals surface area contributed by atoms with Gasteiger partial charge in [0.25, 0.3) is 0 Å². The van der Waals surface area contributed by atoms with Gasteiger partial charge >= 0.3 is 0 Å². The van der Waals surface area contributed by atoms with Crippen molar-refractivity contribution >= 4 is 0 Å². The number of benzene rings is 1. The van der Waals surface area contributed by atoms with Gasteiger partial charge in [-0.15, -0.1) is 0 Å². The summed E-state index contributed by atoms with van der Waals surface area (Å²) in [5.74, 6) is 1.68. The molecule has 0 unspecified atom stereocenters. The number of rotatable bonds is 6. The highest BCUT2D eigenvalue weighted by atomic mass is 16.5. The molecular formula is C18H25N3O2. The van der Waals surface area contributed by atoms with E-state index in [0.717, 1.165) is 31.2 Å². The van der Waals surface area contributed by atoms with E-state index in [0.29, 0.717) is 24.2 Å². The molecule has 0 spiro atoms. The lowest BCUT2D eigenvalue weighted by Gasteiger charge is -2.27. The number of aliphatic hydroxyl groups is 1. The average molecular weight is 315 g/mol. The highest BCUT2D eigenvalue weighted by Gasteiger charge is 2.32. The van der Waals surface area contributed by atoms with E-state index in [9.17, 15) is 5.11 Å². The van der Waals surface area contributed by atoms with E-state index in [4.69, 9.17) is 4.52 Å². The molecule has 1 saturated carbocycles. The molecule has 2 aromatic rings. The summed E-state index contributed by atoms with van der Waals surface area (Å²) >= 11 is 0. The van der Waals surface area contributed by atoms with Crippen LogP contribution >= 0.6 is 0 Å². The predicted molar refractivity (Wildman–Crippen MR) is 88.9 cm³/mol. The Morgan fingerprint density at radius 1 is 1.22 bits per heavy atom. The minimum absolute atomic E-state index is 0.157. The third-order valence-corrected chi connectivity index (χ3v) is 4.78. The van der Waals surface area contributed by atoms with E-state index in [1.54, 1.807) is 0 Å². The van der Waals surface area contributed by atoms with Crippen molar-refractivity contribution in [3.8, 4) is 11.4 Å². The van der Waals surface area contributed by atoms with Gasteiger partial charge in [0, 0.05) is 11.1 Å². The molecule has 1 aliphatic carbocycles. The number of hydrogen-bond acceptors (Lipinski definition) is 5. The summed E-state index contributed by atoms with van der Waals surface area (Å²) in [7, 11) is 0. The molecule has 1 aromatic carbocycles. The lowest BCUT2D eigenvalue weighted by Crippen LogP contribution is -2.45. The predicted octanol–water partition coefficient (Wildman–Crippen LogP) is 3.25. The smallest absolute Gasteiger partial charge is 0.240 e. The fraction of sp³-hybridized carbons (Fsp3) is 0.556. The van der Waals surface area contributed by atoms with E-state index in [1.165, 1.54) is 5.56 Å². The Morgan fingerprint density at radius 3 is 2.52 bits per heavy atom. The van der Waals surface area contributed by atoms with Crippen LogP contribution in [0.15, 0.2) is 28.8 Å². The Hall–Kier alpha value is -1.72. The van der Waals surface area contributed by atoms with Crippen LogP contribution in [0.1, 0.15) is 56.9 Å². The average Bonchev–Trinajstić information content (AvgIpc) is 3.23. The number of nitrogens with one attached hydrogen (secondary N) is 1. The SMILES string of the molecule is CC(C)c1ccc(-c2noc(CNC3(CO)CCCC3)n2)cc1. The molecule has 3 rings (SSSR count). The Kier molecular flexibility index (Phi) is 4.78. The van der Waals surface area contributed by atoms with Gasteiger partial charge < -0.3 is 14.9 Å². The molecule has 1 fully saturated rings. The standard InChI is InChI=1S/C18H25N3O2/c1-13(2)14-5-7-15(8-6-14)17-20-16(23-21-17)11-19-18(12-22)9-3-4-10-18/h5-8,13,19,22H,3-4,9-12H2,1-2H3. The van der Waals surface area contributed by atoms with Crippen molar-refractivity contribution in [1.82, 2.24) is 15.5 Å². The first-order valence-corrected chi connectivity index (χ1v) is 8.41. The zero-order chi connectivity index (χ0) is 16.3. The molecule has 0 aliphatic heterocycles. The molecule has 1 aromatic heterocycles. The maximum atomic E-state index is 9.62. The Labute approximate surface area is 137 Å². The van der Waals surface area contributed by atoms with Crippen LogP contribution in [0.4, 0.5) is 0 Å². The largest absolute Gasteiger partial charge is 0.394 e. The van der Waals surface area contributed by atoms with Gasteiger partial charge in [0.05, 0.1) is 13.2 Å². The van der Waals surface area contributed by atoms with Crippen LogP contribution in [-0.2, 0) is 6.54 Å². The monoisotopic (exact) mass is 315 g/mol. The maximum absolute atomic E-state index is 9.62. The zero-order valence-electron chi connectivity index (χ0n) is 13.9. The maximum Gasteiger partial charge on any atom is 0.240 e. The highest BCUT2D eigenvalue weighted by molar-refractivity contribution is 5.54. The summed E-state index contributed by atoms with van der Waals surface area (Å²) in [6.45, 7) is 5.00. The van der Waals surface area contributed by atoms with Gasteiger partial charge in [0.1, 0.15) is 0 Å². The molecule has 23 heavy (non-hydrogen) atoms. The van der Waals surface area contributed by atoms with Gasteiger partial charge in [-0.2, -0.15) is 4.98 Å². The minimum Gasteiger partial charge on any atom is -0.394 e. The Bertz CT molecular complexity index is 628. The molecule has 0 atom stereocenters. The summed E-state index contributed by atoms with van der Waals surface area (Å²) < 4.78 is 5.34. The second kappa shape index (κ2) is 6.81. The highest BCUT2D eigenvalue weighted by Crippen LogP contribution is 2.29. The molecular weight excluding hydrogens is 290 g/mol. The van der Waals surface area contributed by atoms with Gasteiger partial charge in [-0.05, 0) is 24.3 Å². The number of nitrogens with zero attached hydrogens (tertiary/aromatic N) is 2. The normalized spacial score (nSPS) is 17.0. The molecule has 1 aliphatic rings. The van der Waals surface area contributed by atoms with Crippen LogP contribution in [0.2, 0.25) is 0 Å². The van der Waals surface area contributed by atoms with E-state index >= 15 is 0 Å². The lowest BCUT2D eigenvalue weighted by molar-refractivity contribution is 0.158. The number of hydrogen-bond donors (Lipinski definition) is 2. The van der Waals surface area contributed by atoms with Crippen LogP contribution in [-0.4, -0.2) is 27.4 Å². The van der Waals surface area contributed by atoms with E-state index in [1.807, 2.05) is 12.1 Å². The molecule has 1 heterocycles. The van der Waals surface area contributed by atoms with Crippen LogP contribution in [0.3, 0.4) is 0 Å². The fourth-order valence-electron chi connectivity index (χ4n) is 3.17. The first kappa shape index (κ1) is 16.1. The van der Waals surface area contributed by atoms with Gasteiger partial charge in [-0.3, -0.25) is 0 Å². The van der Waals surface area contributed by atoms with E-state index in [-0.39, 0.29) is 12.1 Å². The van der Waals surface area contributed by atoms with Crippen molar-refractivity contribution < 1.29 is 9.63 Å². The molecule has 0 saturated heterocycles. The molecule has 5 heteroatoms. The fourth-order valence-corrected chi connectivity index (χ4v) is 3.17. The van der Waals surface area contributed by atoms with Gasteiger partial charge in [0.15, 0.2) is 0 Å². The second-order valence-corrected chi connectivity index (χ2v) is 6.79. The zero-order valence-corrected chi connectivity index (χ0v) is 13.9. The molecule has 0 amide bonds. The summed E-state index contributed by atoms with van der Waals surface area (Å²) in [5, 5.41) is 17.1. The molecule has 5 nitrogen and oxygen atoms in total. The van der Waals surface area contributed by atoms with Crippen LogP contribution in [0, 0.1) is 0 Å². The first-order valence-electron chi connectivity index (χ1n) is 8.41. The molecule has 0 bridgehead atoms. The Morgan fingerprint density at radius 2 is 1.91 bits per heavy atom. The van der Waals surface area contributed by atoms with E-state index in [2.05, 4.69) is 41.4 Å². The molecule has 124 valence electrons. The van der Waals surface area contributed by atoms with Gasteiger partial charge in [0.2, 0.25) is 11.7 Å². The summed E-state index contributed by atoms with van der Waals surface area (Å²) in [4.78, 5) is 4.46. The summed E-state index contributed by atoms with van der Waals surface area (Å²) in [6, 6.07) is 8.27. The van der Waals surface area contributed by atoms with Gasteiger partial charge in [-0.1, -0.05) is 56.1 Å². The van der Waals surface area contributed by atoms with Crippen molar-refractivity contribution in [3.05, 3.63) is 35.7 Å². The quantitative estimate of drug-likeness (QED) is 0.856. The van der Waals surface area contributed by atoms with Crippen molar-refractivity contribution in [2.24, 2.45) is 0 Å². The third kappa shape index (κ3) is 3.62. The molecule has 2 N–H and O–H groups in total. The van der Waals surface area contributed by atoms with Gasteiger partial charge in [-0.25, -0.2) is 0 Å². The number of aromatic nitrogens is 2. The second-order valence-electron chi connectivity index (χ2n) is 6.79. The van der Waals surface area contributed by atoms with Crippen LogP contribution in [0.5, 0.6) is 0 Å². The summed E-state index contributed by atoms with van der Waals surface area (Å²) in [6.07, 6.45) is 4.32.